The summed E-state index contributed by atoms with van der Waals surface area (Å²) in [4.78, 5) is 26.5. The summed E-state index contributed by atoms with van der Waals surface area (Å²) in [6, 6.07) is 9.11. The van der Waals surface area contributed by atoms with Gasteiger partial charge in [-0.05, 0) is 12.0 Å². The zero-order valence-electron chi connectivity index (χ0n) is 9.96. The van der Waals surface area contributed by atoms with E-state index >= 15 is 0 Å². The van der Waals surface area contributed by atoms with Crippen molar-refractivity contribution in [2.75, 3.05) is 0 Å². The Hall–Kier alpha value is -2.08. The minimum absolute atomic E-state index is 0.0971. The van der Waals surface area contributed by atoms with Crippen LogP contribution in [0.1, 0.15) is 18.9 Å². The molecular weight excluding hydrogens is 238 g/mol. The molecule has 1 aromatic rings. The van der Waals surface area contributed by atoms with Gasteiger partial charge in [0.15, 0.2) is 6.10 Å². The van der Waals surface area contributed by atoms with E-state index in [9.17, 15) is 9.59 Å². The third kappa shape index (κ3) is 4.84. The second kappa shape index (κ2) is 7.29. The number of carboxylic acids is 1. The molecule has 18 heavy (non-hydrogen) atoms. The lowest BCUT2D eigenvalue weighted by atomic mass is 10.2. The van der Waals surface area contributed by atoms with Crippen LogP contribution in [0.2, 0.25) is 0 Å². The summed E-state index contributed by atoms with van der Waals surface area (Å²) in [7, 11) is 0. The molecule has 0 aromatic heterocycles. The van der Waals surface area contributed by atoms with E-state index in [2.05, 4.69) is 4.84 Å². The number of rotatable bonds is 6. The van der Waals surface area contributed by atoms with Crippen LogP contribution in [0.25, 0.3) is 0 Å². The topological polar surface area (TPSA) is 84.9 Å². The Morgan fingerprint density at radius 1 is 1.33 bits per heavy atom. The average Bonchev–Trinajstić information content (AvgIpc) is 2.38. The molecule has 0 aliphatic carbocycles. The molecule has 0 aliphatic heterocycles. The summed E-state index contributed by atoms with van der Waals surface area (Å²) in [5.41, 5.74) is 2.77. The lowest BCUT2D eigenvalue weighted by Gasteiger charge is -2.11. The molecule has 0 saturated carbocycles. The molecule has 0 fully saturated rings. The largest absolute Gasteiger partial charge is 0.479 e. The number of aliphatic carboxylic acids is 1. The zero-order valence-corrected chi connectivity index (χ0v) is 9.96. The normalized spacial score (nSPS) is 11.6. The quantitative estimate of drug-likeness (QED) is 0.754. The molecule has 2 N–H and O–H groups in total. The summed E-state index contributed by atoms with van der Waals surface area (Å²) >= 11 is 0. The third-order valence-corrected chi connectivity index (χ3v) is 2.14. The van der Waals surface area contributed by atoms with Crippen LogP contribution in [0.15, 0.2) is 30.3 Å². The summed E-state index contributed by atoms with van der Waals surface area (Å²) in [5, 5.41) is 8.68. The molecule has 1 amide bonds. The Kier molecular flexibility index (Phi) is 5.66. The highest BCUT2D eigenvalue weighted by molar-refractivity contribution is 5.72. The molecule has 0 aliphatic rings. The number of benzene rings is 1. The lowest BCUT2D eigenvalue weighted by Crippen LogP contribution is -2.34. The number of ether oxygens (including phenoxy) is 1. The van der Waals surface area contributed by atoms with Gasteiger partial charge in [0.05, 0.1) is 0 Å². The Morgan fingerprint density at radius 3 is 2.56 bits per heavy atom. The highest BCUT2D eigenvalue weighted by Crippen LogP contribution is 2.01. The van der Waals surface area contributed by atoms with Gasteiger partial charge in [0.25, 0.3) is 0 Å². The average molecular weight is 253 g/mol. The zero-order chi connectivity index (χ0) is 13.4. The van der Waals surface area contributed by atoms with Gasteiger partial charge in [-0.25, -0.2) is 9.59 Å². The standard InChI is InChI=1S/C12H15NO5/c1-2-10(11(14)15)18-13-12(16)17-8-9-6-4-3-5-7-9/h3-7,10H,2,8H2,1H3,(H,13,16)(H,14,15). The molecule has 6 nitrogen and oxygen atoms in total. The fraction of sp³-hybridized carbons (Fsp3) is 0.333. The van der Waals surface area contributed by atoms with E-state index in [1.807, 2.05) is 23.7 Å². The van der Waals surface area contributed by atoms with Crippen LogP contribution in [0, 0.1) is 0 Å². The molecule has 1 rings (SSSR count). The lowest BCUT2D eigenvalue weighted by molar-refractivity contribution is -0.154. The first-order valence-electron chi connectivity index (χ1n) is 5.48. The van der Waals surface area contributed by atoms with Crippen molar-refractivity contribution in [3.05, 3.63) is 35.9 Å². The predicted molar refractivity (Wildman–Crippen MR) is 62.6 cm³/mol. The summed E-state index contributed by atoms with van der Waals surface area (Å²) < 4.78 is 4.83. The Morgan fingerprint density at radius 2 is 2.00 bits per heavy atom. The van der Waals surface area contributed by atoms with Gasteiger partial charge >= 0.3 is 12.1 Å². The molecule has 1 aromatic carbocycles. The maximum absolute atomic E-state index is 11.2. The van der Waals surface area contributed by atoms with Crippen molar-refractivity contribution in [3.63, 3.8) is 0 Å². The van der Waals surface area contributed by atoms with Gasteiger partial charge in [0.2, 0.25) is 0 Å². The van der Waals surface area contributed by atoms with Crippen molar-refractivity contribution in [1.29, 1.82) is 0 Å². The fourth-order valence-corrected chi connectivity index (χ4v) is 1.18. The monoisotopic (exact) mass is 253 g/mol. The third-order valence-electron chi connectivity index (χ3n) is 2.14. The van der Waals surface area contributed by atoms with Crippen LogP contribution >= 0.6 is 0 Å². The first-order valence-corrected chi connectivity index (χ1v) is 5.48. The van der Waals surface area contributed by atoms with E-state index < -0.39 is 18.2 Å². The minimum Gasteiger partial charge on any atom is -0.479 e. The molecule has 98 valence electrons. The van der Waals surface area contributed by atoms with Crippen molar-refractivity contribution in [1.82, 2.24) is 5.48 Å². The van der Waals surface area contributed by atoms with E-state index in [0.29, 0.717) is 0 Å². The molecule has 0 saturated heterocycles. The fourth-order valence-electron chi connectivity index (χ4n) is 1.18. The predicted octanol–water partition coefficient (Wildman–Crippen LogP) is 1.71. The SMILES string of the molecule is CCC(ONC(=O)OCc1ccccc1)C(=O)O. The summed E-state index contributed by atoms with van der Waals surface area (Å²) in [6.45, 7) is 1.73. The number of carboxylic acid groups (broad SMARTS) is 1. The highest BCUT2D eigenvalue weighted by atomic mass is 16.7. The van der Waals surface area contributed by atoms with E-state index in [0.717, 1.165) is 5.56 Å². The number of carbonyl (C=O) groups excluding carboxylic acids is 1. The van der Waals surface area contributed by atoms with E-state index in [4.69, 9.17) is 9.84 Å². The van der Waals surface area contributed by atoms with Crippen LogP contribution in [0.3, 0.4) is 0 Å². The van der Waals surface area contributed by atoms with Crippen LogP contribution in [0.5, 0.6) is 0 Å². The van der Waals surface area contributed by atoms with Crippen molar-refractivity contribution in [3.8, 4) is 0 Å². The molecule has 1 atom stereocenters. The maximum atomic E-state index is 11.2. The number of carbonyl (C=O) groups is 2. The molecule has 0 spiro atoms. The molecule has 1 unspecified atom stereocenters. The van der Waals surface area contributed by atoms with Gasteiger partial charge in [-0.3, -0.25) is 4.84 Å². The van der Waals surface area contributed by atoms with Crippen molar-refractivity contribution in [2.24, 2.45) is 0 Å². The number of hydroxylamine groups is 1. The second-order valence-electron chi connectivity index (χ2n) is 3.52. The van der Waals surface area contributed by atoms with Crippen molar-refractivity contribution < 1.29 is 24.3 Å². The highest BCUT2D eigenvalue weighted by Gasteiger charge is 2.17. The molecule has 0 heterocycles. The Labute approximate surface area is 104 Å². The molecular formula is C12H15NO5. The minimum atomic E-state index is -1.14. The molecule has 6 heteroatoms. The van der Waals surface area contributed by atoms with Gasteiger partial charge in [-0.15, -0.1) is 0 Å². The Balaban J connectivity index is 2.28. The van der Waals surface area contributed by atoms with Gasteiger partial charge < -0.3 is 9.84 Å². The second-order valence-corrected chi connectivity index (χ2v) is 3.52. The van der Waals surface area contributed by atoms with E-state index in [1.54, 1.807) is 19.1 Å². The first-order chi connectivity index (χ1) is 8.63. The first kappa shape index (κ1) is 14.0. The number of hydrogen-bond donors (Lipinski definition) is 2. The van der Waals surface area contributed by atoms with Gasteiger partial charge in [-0.1, -0.05) is 37.3 Å². The van der Waals surface area contributed by atoms with Crippen molar-refractivity contribution >= 4 is 12.1 Å². The van der Waals surface area contributed by atoms with Crippen LogP contribution < -0.4 is 5.48 Å². The van der Waals surface area contributed by atoms with Gasteiger partial charge in [-0.2, -0.15) is 5.48 Å². The van der Waals surface area contributed by atoms with E-state index in [1.165, 1.54) is 0 Å². The smallest absolute Gasteiger partial charge is 0.431 e. The summed E-state index contributed by atoms with van der Waals surface area (Å²) in [6.07, 6.45) is -1.65. The summed E-state index contributed by atoms with van der Waals surface area (Å²) in [5.74, 6) is -1.14. The molecule has 0 radical (unpaired) electrons. The van der Waals surface area contributed by atoms with Gasteiger partial charge in [0, 0.05) is 0 Å². The molecule has 0 bridgehead atoms. The van der Waals surface area contributed by atoms with Crippen molar-refractivity contribution in [2.45, 2.75) is 26.1 Å². The van der Waals surface area contributed by atoms with Crippen LogP contribution in [0.4, 0.5) is 4.79 Å². The van der Waals surface area contributed by atoms with Gasteiger partial charge in [0.1, 0.15) is 6.61 Å². The van der Waals surface area contributed by atoms with E-state index in [-0.39, 0.29) is 13.0 Å². The number of hydrogen-bond acceptors (Lipinski definition) is 4. The maximum Gasteiger partial charge on any atom is 0.431 e. The Bertz CT molecular complexity index is 393. The number of amides is 1. The van der Waals surface area contributed by atoms with Crippen LogP contribution in [-0.4, -0.2) is 23.3 Å². The number of nitrogens with one attached hydrogen (secondary N) is 1. The van der Waals surface area contributed by atoms with Crippen LogP contribution in [-0.2, 0) is 21.0 Å².